The molecule has 3 rings (SSSR count). The molecule has 1 saturated carbocycles. The number of benzene rings is 1. The molecule has 0 spiro atoms. The molecule has 3 nitrogen and oxygen atoms in total. The molecular weight excluding hydrogens is 284 g/mol. The van der Waals surface area contributed by atoms with Crippen LogP contribution in [0.1, 0.15) is 57.1 Å². The van der Waals surface area contributed by atoms with Gasteiger partial charge >= 0.3 is 0 Å². The summed E-state index contributed by atoms with van der Waals surface area (Å²) in [5.74, 6) is 0.294. The molecular formula is C20H26N2O. The van der Waals surface area contributed by atoms with E-state index < -0.39 is 5.41 Å². The third-order valence-corrected chi connectivity index (χ3v) is 5.76. The third kappa shape index (κ3) is 3.48. The smallest absolute Gasteiger partial charge is 0.142 e. The summed E-state index contributed by atoms with van der Waals surface area (Å²) in [7, 11) is 0. The van der Waals surface area contributed by atoms with Crippen LogP contribution in [-0.4, -0.2) is 30.3 Å². The molecule has 23 heavy (non-hydrogen) atoms. The number of Topliss-reactive ketones (excluding diaryl/α,β-unsaturated/α-hetero) is 1. The van der Waals surface area contributed by atoms with Gasteiger partial charge in [0.1, 0.15) is 5.78 Å². The molecule has 1 aromatic carbocycles. The molecule has 1 aromatic rings. The van der Waals surface area contributed by atoms with Gasteiger partial charge in [0.15, 0.2) is 0 Å². The molecule has 0 amide bonds. The molecule has 1 aliphatic heterocycles. The van der Waals surface area contributed by atoms with E-state index in [4.69, 9.17) is 5.26 Å². The minimum atomic E-state index is -0.514. The minimum Gasteiger partial charge on any atom is -0.303 e. The first-order valence-electron chi connectivity index (χ1n) is 8.72. The molecule has 1 saturated heterocycles. The largest absolute Gasteiger partial charge is 0.303 e. The highest BCUT2D eigenvalue weighted by Crippen LogP contribution is 2.51. The number of hydrogen-bond donors (Lipinski definition) is 0. The van der Waals surface area contributed by atoms with Gasteiger partial charge in [0.25, 0.3) is 0 Å². The van der Waals surface area contributed by atoms with E-state index in [1.165, 1.54) is 38.9 Å². The average molecular weight is 310 g/mol. The van der Waals surface area contributed by atoms with Gasteiger partial charge in [-0.3, -0.25) is 4.79 Å². The summed E-state index contributed by atoms with van der Waals surface area (Å²) >= 11 is 0. The molecule has 3 heteroatoms. The van der Waals surface area contributed by atoms with Crippen molar-refractivity contribution < 1.29 is 4.79 Å². The third-order valence-electron chi connectivity index (χ3n) is 5.76. The number of carbonyl (C=O) groups excluding carboxylic acids is 1. The van der Waals surface area contributed by atoms with E-state index >= 15 is 0 Å². The number of rotatable bonds is 7. The lowest BCUT2D eigenvalue weighted by atomic mass is 9.77. The van der Waals surface area contributed by atoms with Crippen molar-refractivity contribution in [2.45, 2.75) is 51.4 Å². The average Bonchev–Trinajstić information content (AvgIpc) is 3.29. The Morgan fingerprint density at radius 3 is 2.65 bits per heavy atom. The van der Waals surface area contributed by atoms with Crippen molar-refractivity contribution in [3.05, 3.63) is 35.4 Å². The highest BCUT2D eigenvalue weighted by atomic mass is 16.1. The Morgan fingerprint density at radius 2 is 2.09 bits per heavy atom. The van der Waals surface area contributed by atoms with Gasteiger partial charge in [0.05, 0.1) is 11.6 Å². The molecule has 2 aliphatic rings. The summed E-state index contributed by atoms with van der Waals surface area (Å²) in [5.41, 5.74) is 1.48. The van der Waals surface area contributed by atoms with Crippen LogP contribution in [0.5, 0.6) is 0 Å². The zero-order valence-electron chi connectivity index (χ0n) is 14.3. The Kier molecular flexibility index (Phi) is 4.29. The Morgan fingerprint density at radius 1 is 1.35 bits per heavy atom. The standard InChI is InChI=1S/C20H26N2O/c1-19(2,17-6-3-5-16(13-17)14-21)18(23)7-8-20(9-10-20)15-22-11-4-12-22/h3,5-6,13H,4,7-12,15H2,1-2H3. The fourth-order valence-corrected chi connectivity index (χ4v) is 3.51. The van der Waals surface area contributed by atoms with Crippen LogP contribution < -0.4 is 0 Å². The van der Waals surface area contributed by atoms with E-state index in [1.54, 1.807) is 6.07 Å². The van der Waals surface area contributed by atoms with Gasteiger partial charge in [-0.1, -0.05) is 12.1 Å². The summed E-state index contributed by atoms with van der Waals surface area (Å²) in [6.07, 6.45) is 5.56. The van der Waals surface area contributed by atoms with Crippen molar-refractivity contribution in [1.82, 2.24) is 4.90 Å². The molecule has 0 aromatic heterocycles. The molecule has 1 aliphatic carbocycles. The maximum Gasteiger partial charge on any atom is 0.142 e. The fourth-order valence-electron chi connectivity index (χ4n) is 3.51. The van der Waals surface area contributed by atoms with E-state index in [1.807, 2.05) is 32.0 Å². The van der Waals surface area contributed by atoms with E-state index in [0.29, 0.717) is 23.2 Å². The van der Waals surface area contributed by atoms with Crippen molar-refractivity contribution in [1.29, 1.82) is 5.26 Å². The van der Waals surface area contributed by atoms with E-state index in [0.717, 1.165) is 12.0 Å². The molecule has 1 heterocycles. The lowest BCUT2D eigenvalue weighted by Crippen LogP contribution is -2.41. The number of nitriles is 1. The SMILES string of the molecule is CC(C)(C(=O)CCC1(CN2CCC2)CC1)c1cccc(C#N)c1. The van der Waals surface area contributed by atoms with Crippen LogP contribution >= 0.6 is 0 Å². The first kappa shape index (κ1) is 16.2. The lowest BCUT2D eigenvalue weighted by molar-refractivity contribution is -0.124. The molecule has 122 valence electrons. The summed E-state index contributed by atoms with van der Waals surface area (Å²) < 4.78 is 0. The summed E-state index contributed by atoms with van der Waals surface area (Å²) in [6.45, 7) is 7.64. The van der Waals surface area contributed by atoms with Crippen molar-refractivity contribution in [2.24, 2.45) is 5.41 Å². The van der Waals surface area contributed by atoms with Crippen LogP contribution in [0.25, 0.3) is 0 Å². The van der Waals surface area contributed by atoms with E-state index in [-0.39, 0.29) is 0 Å². The monoisotopic (exact) mass is 310 g/mol. The summed E-state index contributed by atoms with van der Waals surface area (Å²) in [6, 6.07) is 9.64. The van der Waals surface area contributed by atoms with Gasteiger partial charge in [0.2, 0.25) is 0 Å². The van der Waals surface area contributed by atoms with Crippen molar-refractivity contribution in [3.8, 4) is 6.07 Å². The van der Waals surface area contributed by atoms with Crippen LogP contribution in [0.3, 0.4) is 0 Å². The van der Waals surface area contributed by atoms with Crippen LogP contribution in [0.2, 0.25) is 0 Å². The van der Waals surface area contributed by atoms with Gasteiger partial charge in [-0.2, -0.15) is 5.26 Å². The Balaban J connectivity index is 1.61. The Labute approximate surface area is 139 Å². The van der Waals surface area contributed by atoms with Gasteiger partial charge < -0.3 is 4.90 Å². The van der Waals surface area contributed by atoms with Crippen LogP contribution in [-0.2, 0) is 10.2 Å². The fraction of sp³-hybridized carbons (Fsp3) is 0.600. The van der Waals surface area contributed by atoms with Gasteiger partial charge in [-0.05, 0) is 75.7 Å². The number of likely N-dealkylation sites (tertiary alicyclic amines) is 1. The highest BCUT2D eigenvalue weighted by molar-refractivity contribution is 5.89. The van der Waals surface area contributed by atoms with Gasteiger partial charge in [-0.25, -0.2) is 0 Å². The number of hydrogen-bond acceptors (Lipinski definition) is 3. The molecule has 0 radical (unpaired) electrons. The second-order valence-corrected chi connectivity index (χ2v) is 7.87. The van der Waals surface area contributed by atoms with E-state index in [9.17, 15) is 4.79 Å². The molecule has 0 unspecified atom stereocenters. The maximum absolute atomic E-state index is 12.8. The van der Waals surface area contributed by atoms with Crippen molar-refractivity contribution >= 4 is 5.78 Å². The Hall–Kier alpha value is -1.66. The molecule has 0 bridgehead atoms. The first-order valence-corrected chi connectivity index (χ1v) is 8.72. The van der Waals surface area contributed by atoms with Crippen LogP contribution in [0.4, 0.5) is 0 Å². The topological polar surface area (TPSA) is 44.1 Å². The van der Waals surface area contributed by atoms with Crippen molar-refractivity contribution in [3.63, 3.8) is 0 Å². The lowest BCUT2D eigenvalue weighted by Gasteiger charge is -2.34. The van der Waals surface area contributed by atoms with Crippen LogP contribution in [0, 0.1) is 16.7 Å². The summed E-state index contributed by atoms with van der Waals surface area (Å²) in [4.78, 5) is 15.3. The highest BCUT2D eigenvalue weighted by Gasteiger charge is 2.45. The summed E-state index contributed by atoms with van der Waals surface area (Å²) in [5, 5.41) is 9.06. The maximum atomic E-state index is 12.8. The number of carbonyl (C=O) groups is 1. The second-order valence-electron chi connectivity index (χ2n) is 7.87. The number of ketones is 1. The van der Waals surface area contributed by atoms with Crippen LogP contribution in [0.15, 0.2) is 24.3 Å². The zero-order valence-corrected chi connectivity index (χ0v) is 14.3. The van der Waals surface area contributed by atoms with Crippen molar-refractivity contribution in [2.75, 3.05) is 19.6 Å². The number of nitrogens with zero attached hydrogens (tertiary/aromatic N) is 2. The van der Waals surface area contributed by atoms with Gasteiger partial charge in [0, 0.05) is 18.4 Å². The predicted molar refractivity (Wildman–Crippen MR) is 91.1 cm³/mol. The normalized spacial score (nSPS) is 19.7. The Bertz CT molecular complexity index is 633. The van der Waals surface area contributed by atoms with E-state index in [2.05, 4.69) is 11.0 Å². The second kappa shape index (κ2) is 6.09. The predicted octanol–water partition coefficient (Wildman–Crippen LogP) is 3.67. The van der Waals surface area contributed by atoms with Gasteiger partial charge in [-0.15, -0.1) is 0 Å². The molecule has 0 atom stereocenters. The zero-order chi connectivity index (χ0) is 16.5. The quantitative estimate of drug-likeness (QED) is 0.772. The molecule has 2 fully saturated rings. The minimum absolute atomic E-state index is 0.294. The first-order chi connectivity index (χ1) is 11.0. The molecule has 0 N–H and O–H groups in total.